The van der Waals surface area contributed by atoms with E-state index >= 15 is 0 Å². The fourth-order valence-electron chi connectivity index (χ4n) is 9.01. The van der Waals surface area contributed by atoms with Crippen LogP contribution in [0.2, 0.25) is 0 Å². The third-order valence-corrected chi connectivity index (χ3v) is 10.7. The molecule has 1 aromatic rings. The van der Waals surface area contributed by atoms with Crippen molar-refractivity contribution in [3.63, 3.8) is 0 Å². The van der Waals surface area contributed by atoms with Crippen molar-refractivity contribution < 1.29 is 23.7 Å². The fraction of sp³-hybridized carbons (Fsp3) is 0.815. The number of thiocarbonyl (C=S) groups is 1. The molecule has 0 radical (unpaired) electrons. The molecular weight excluding hydrogens is 464 g/mol. The van der Waals surface area contributed by atoms with Crippen LogP contribution < -0.4 is 0 Å². The van der Waals surface area contributed by atoms with Gasteiger partial charge in [0, 0.05) is 31.2 Å². The van der Waals surface area contributed by atoms with E-state index in [0.717, 1.165) is 51.2 Å². The maximum Gasteiger partial charge on any atom is 0.302 e. The zero-order chi connectivity index (χ0) is 24.2. The Morgan fingerprint density at radius 2 is 1.89 bits per heavy atom. The first-order chi connectivity index (χ1) is 16.9. The second-order valence-corrected chi connectivity index (χ2v) is 12.1. The van der Waals surface area contributed by atoms with Gasteiger partial charge in [0.2, 0.25) is 0 Å². The SMILES string of the molecule is CC(=O)O[C@H]1CC[C@@H]2[C@H]3CC[C@@]4(C)[C@@H](CCC45OCCO5)[C@@H]3C[C@@H](COC(=S)n3ccnc3)[C@H]2C1. The Morgan fingerprint density at radius 1 is 1.09 bits per heavy atom. The number of carbonyl (C=O) groups excluding carboxylic acids is 1. The van der Waals surface area contributed by atoms with E-state index < -0.39 is 0 Å². The van der Waals surface area contributed by atoms with Crippen molar-refractivity contribution in [1.29, 1.82) is 0 Å². The molecule has 4 aliphatic carbocycles. The quantitative estimate of drug-likeness (QED) is 0.442. The Hall–Kier alpha value is -1.51. The van der Waals surface area contributed by atoms with E-state index in [1.165, 1.54) is 26.2 Å². The third-order valence-electron chi connectivity index (χ3n) is 10.4. The number of fused-ring (bicyclic) bond motifs is 6. The normalized spacial score (nSPS) is 41.6. The van der Waals surface area contributed by atoms with Crippen molar-refractivity contribution in [1.82, 2.24) is 9.55 Å². The fourth-order valence-corrected chi connectivity index (χ4v) is 9.19. The summed E-state index contributed by atoms with van der Waals surface area (Å²) in [5, 5.41) is 0.453. The number of hydrogen-bond donors (Lipinski definition) is 0. The van der Waals surface area contributed by atoms with E-state index in [0.29, 0.717) is 41.4 Å². The van der Waals surface area contributed by atoms with E-state index in [4.69, 9.17) is 31.2 Å². The van der Waals surface area contributed by atoms with Gasteiger partial charge in [-0.25, -0.2) is 4.98 Å². The molecule has 5 aliphatic rings. The number of imidazole rings is 1. The lowest BCUT2D eigenvalue weighted by Crippen LogP contribution is -2.56. The molecule has 0 N–H and O–H groups in total. The van der Waals surface area contributed by atoms with Gasteiger partial charge in [-0.05, 0) is 92.7 Å². The van der Waals surface area contributed by atoms with Crippen LogP contribution in [0.15, 0.2) is 18.7 Å². The highest BCUT2D eigenvalue weighted by Gasteiger charge is 2.66. The summed E-state index contributed by atoms with van der Waals surface area (Å²) in [7, 11) is 0. The van der Waals surface area contributed by atoms with Crippen LogP contribution in [0.4, 0.5) is 0 Å². The summed E-state index contributed by atoms with van der Waals surface area (Å²) in [6.45, 7) is 6.02. The average Bonchev–Trinajstić information content (AvgIpc) is 3.59. The molecule has 8 atom stereocenters. The molecule has 1 spiro atoms. The average molecular weight is 503 g/mol. The molecule has 1 aliphatic heterocycles. The maximum atomic E-state index is 11.7. The van der Waals surface area contributed by atoms with E-state index in [1.807, 2.05) is 6.20 Å². The minimum atomic E-state index is -0.374. The Bertz CT molecular complexity index is 947. The molecule has 1 aromatic heterocycles. The summed E-state index contributed by atoms with van der Waals surface area (Å²) in [4.78, 5) is 15.8. The van der Waals surface area contributed by atoms with Crippen LogP contribution in [-0.2, 0) is 23.7 Å². The molecule has 192 valence electrons. The third kappa shape index (κ3) is 3.95. The molecule has 0 aromatic carbocycles. The van der Waals surface area contributed by atoms with Gasteiger partial charge >= 0.3 is 5.97 Å². The molecule has 7 nitrogen and oxygen atoms in total. The Morgan fingerprint density at radius 3 is 2.63 bits per heavy atom. The summed E-state index contributed by atoms with van der Waals surface area (Å²) in [5.74, 6) is 3.01. The topological polar surface area (TPSA) is 71.8 Å². The van der Waals surface area contributed by atoms with Gasteiger partial charge in [-0.15, -0.1) is 0 Å². The van der Waals surface area contributed by atoms with Crippen molar-refractivity contribution in [2.45, 2.75) is 77.1 Å². The first kappa shape index (κ1) is 23.9. The van der Waals surface area contributed by atoms with E-state index in [2.05, 4.69) is 11.9 Å². The van der Waals surface area contributed by atoms with Gasteiger partial charge in [-0.1, -0.05) is 6.92 Å². The smallest absolute Gasteiger partial charge is 0.302 e. The van der Waals surface area contributed by atoms with Gasteiger partial charge in [-0.3, -0.25) is 9.36 Å². The van der Waals surface area contributed by atoms with Crippen molar-refractivity contribution in [3.05, 3.63) is 18.7 Å². The lowest BCUT2D eigenvalue weighted by Gasteiger charge is -2.58. The van der Waals surface area contributed by atoms with Crippen LogP contribution in [0.1, 0.15) is 65.2 Å². The number of carbonyl (C=O) groups is 1. The predicted molar refractivity (Wildman–Crippen MR) is 132 cm³/mol. The molecular formula is C27H38N2O5S. The van der Waals surface area contributed by atoms with Gasteiger partial charge in [0.1, 0.15) is 12.4 Å². The van der Waals surface area contributed by atoms with E-state index in [9.17, 15) is 4.79 Å². The van der Waals surface area contributed by atoms with Crippen LogP contribution in [0.5, 0.6) is 0 Å². The Balaban J connectivity index is 1.24. The van der Waals surface area contributed by atoms with Gasteiger partial charge in [0.05, 0.1) is 19.8 Å². The van der Waals surface area contributed by atoms with Crippen molar-refractivity contribution in [2.24, 2.45) is 40.9 Å². The summed E-state index contributed by atoms with van der Waals surface area (Å²) >= 11 is 5.54. The number of nitrogens with zero attached hydrogens (tertiary/aromatic N) is 2. The van der Waals surface area contributed by atoms with Gasteiger partial charge in [0.25, 0.3) is 5.17 Å². The summed E-state index contributed by atoms with van der Waals surface area (Å²) in [5.41, 5.74) is 0.0873. The first-order valence-corrected chi connectivity index (χ1v) is 13.9. The Labute approximate surface area is 213 Å². The second kappa shape index (κ2) is 9.10. The molecule has 5 fully saturated rings. The number of rotatable bonds is 3. The summed E-state index contributed by atoms with van der Waals surface area (Å²) in [6.07, 6.45) is 14.1. The lowest BCUT2D eigenvalue weighted by atomic mass is 9.48. The van der Waals surface area contributed by atoms with Gasteiger partial charge in [0.15, 0.2) is 5.79 Å². The predicted octanol–water partition coefficient (Wildman–Crippen LogP) is 4.59. The minimum absolute atomic E-state index is 0.0253. The molecule has 0 bridgehead atoms. The molecule has 8 heteroatoms. The molecule has 35 heavy (non-hydrogen) atoms. The molecule has 1 saturated heterocycles. The monoisotopic (exact) mass is 502 g/mol. The molecule has 0 amide bonds. The second-order valence-electron chi connectivity index (χ2n) is 11.8. The highest BCUT2D eigenvalue weighted by molar-refractivity contribution is 7.80. The van der Waals surface area contributed by atoms with Crippen LogP contribution in [0.25, 0.3) is 0 Å². The zero-order valence-electron chi connectivity index (χ0n) is 20.9. The van der Waals surface area contributed by atoms with E-state index in [-0.39, 0.29) is 23.3 Å². The van der Waals surface area contributed by atoms with Crippen molar-refractivity contribution >= 4 is 23.4 Å². The van der Waals surface area contributed by atoms with Gasteiger partial charge < -0.3 is 18.9 Å². The van der Waals surface area contributed by atoms with Crippen LogP contribution in [-0.4, -0.2) is 52.4 Å². The molecule has 4 saturated carbocycles. The van der Waals surface area contributed by atoms with Crippen LogP contribution in [0, 0.1) is 40.9 Å². The molecule has 0 unspecified atom stereocenters. The Kier molecular flexibility index (Phi) is 6.21. The number of esters is 1. The minimum Gasteiger partial charge on any atom is -0.470 e. The van der Waals surface area contributed by atoms with E-state index in [1.54, 1.807) is 17.1 Å². The van der Waals surface area contributed by atoms with Crippen molar-refractivity contribution in [3.8, 4) is 0 Å². The number of aromatic nitrogens is 2. The largest absolute Gasteiger partial charge is 0.470 e. The number of ether oxygens (including phenoxy) is 4. The number of hydrogen-bond acceptors (Lipinski definition) is 7. The first-order valence-electron chi connectivity index (χ1n) is 13.5. The zero-order valence-corrected chi connectivity index (χ0v) is 21.7. The summed E-state index contributed by atoms with van der Waals surface area (Å²) < 4.78 is 26.3. The lowest BCUT2D eigenvalue weighted by molar-refractivity contribution is -0.245. The molecule has 6 rings (SSSR count). The maximum absolute atomic E-state index is 11.7. The standard InChI is InChI=1S/C27H38N2O5S/c1-17(30)34-19-3-4-20-21-5-7-26(2)24(6-8-27(26)32-11-12-33-27)23(21)13-18(22(20)14-19)15-31-25(35)29-10-9-28-16-29/h9-10,16,18-24H,3-8,11-15H2,1-2H3/t18-,19-,20+,21+,22+,23+,24-,26-/m0/s1. The van der Waals surface area contributed by atoms with Gasteiger partial charge in [-0.2, -0.15) is 0 Å². The highest BCUT2D eigenvalue weighted by Crippen LogP contribution is 2.67. The van der Waals surface area contributed by atoms with Crippen LogP contribution >= 0.6 is 12.2 Å². The molecule has 2 heterocycles. The summed E-state index contributed by atoms with van der Waals surface area (Å²) in [6, 6.07) is 0. The highest BCUT2D eigenvalue weighted by atomic mass is 32.1. The van der Waals surface area contributed by atoms with Crippen LogP contribution in [0.3, 0.4) is 0 Å². The van der Waals surface area contributed by atoms with Crippen molar-refractivity contribution in [2.75, 3.05) is 19.8 Å².